The molecule has 7 nitrogen and oxygen atoms in total. The highest BCUT2D eigenvalue weighted by molar-refractivity contribution is 7.99. The van der Waals surface area contributed by atoms with Crippen LogP contribution >= 0.6 is 11.8 Å². The van der Waals surface area contributed by atoms with Crippen LogP contribution < -0.4 is 16.2 Å². The third kappa shape index (κ3) is 3.71. The van der Waals surface area contributed by atoms with E-state index in [1.54, 1.807) is 0 Å². The van der Waals surface area contributed by atoms with Crippen LogP contribution in [0.4, 0.5) is 15.9 Å². The summed E-state index contributed by atoms with van der Waals surface area (Å²) in [5, 5.41) is 5.52. The summed E-state index contributed by atoms with van der Waals surface area (Å²) in [5.41, 5.74) is 0.0429. The molecule has 3 rings (SSSR count). The van der Waals surface area contributed by atoms with Crippen LogP contribution in [0.5, 0.6) is 0 Å². The fourth-order valence-electron chi connectivity index (χ4n) is 2.54. The second-order valence-electron chi connectivity index (χ2n) is 5.37. The first-order chi connectivity index (χ1) is 12.0. The number of nitrogens with zero attached hydrogens (tertiary/aromatic N) is 1. The number of fused-ring (bicyclic) bond motifs is 1. The molecule has 0 radical (unpaired) electrons. The lowest BCUT2D eigenvalue weighted by atomic mass is 9.92. The Morgan fingerprint density at radius 2 is 2.08 bits per heavy atom. The molecule has 0 fully saturated rings. The van der Waals surface area contributed by atoms with E-state index in [0.29, 0.717) is 16.6 Å². The zero-order valence-corrected chi connectivity index (χ0v) is 14.1. The van der Waals surface area contributed by atoms with E-state index in [1.807, 2.05) is 6.92 Å². The first-order valence-electron chi connectivity index (χ1n) is 7.61. The van der Waals surface area contributed by atoms with Crippen molar-refractivity contribution >= 4 is 35.1 Å². The Morgan fingerprint density at radius 1 is 1.36 bits per heavy atom. The average Bonchev–Trinajstić information content (AvgIpc) is 2.56. The van der Waals surface area contributed by atoms with Crippen LogP contribution in [0.25, 0.3) is 0 Å². The van der Waals surface area contributed by atoms with Crippen LogP contribution in [0, 0.1) is 5.82 Å². The number of hydrogen-bond acceptors (Lipinski definition) is 5. The Balaban J connectivity index is 1.92. The zero-order chi connectivity index (χ0) is 18.0. The van der Waals surface area contributed by atoms with E-state index >= 15 is 0 Å². The molecule has 1 aromatic heterocycles. The minimum absolute atomic E-state index is 0.107. The lowest BCUT2D eigenvalue weighted by Gasteiger charge is -2.23. The molecule has 0 aliphatic carbocycles. The van der Waals surface area contributed by atoms with Gasteiger partial charge in [0.05, 0.1) is 11.5 Å². The summed E-state index contributed by atoms with van der Waals surface area (Å²) in [4.78, 5) is 43.7. The summed E-state index contributed by atoms with van der Waals surface area (Å²) in [6.45, 7) is 1.90. The van der Waals surface area contributed by atoms with Gasteiger partial charge in [0.2, 0.25) is 11.8 Å². The molecule has 0 spiro atoms. The van der Waals surface area contributed by atoms with Gasteiger partial charge >= 0.3 is 0 Å². The van der Waals surface area contributed by atoms with Crippen molar-refractivity contribution in [3.05, 3.63) is 46.0 Å². The maximum atomic E-state index is 13.0. The normalized spacial score (nSPS) is 16.1. The number of hydrogen-bond donors (Lipinski definition) is 3. The van der Waals surface area contributed by atoms with E-state index in [1.165, 1.54) is 36.0 Å². The van der Waals surface area contributed by atoms with Crippen molar-refractivity contribution in [2.45, 2.75) is 24.4 Å². The SMILES string of the molecule is CCSc1nc2c(c(=O)[nH]1)[C@@H](C(=O)Nc1ccc(F)cc1)CC(=O)N2. The second kappa shape index (κ2) is 7.06. The fraction of sp³-hybridized carbons (Fsp3) is 0.250. The van der Waals surface area contributed by atoms with Gasteiger partial charge in [-0.3, -0.25) is 14.4 Å². The maximum absolute atomic E-state index is 13.0. The van der Waals surface area contributed by atoms with Crippen LogP contribution in [0.1, 0.15) is 24.8 Å². The smallest absolute Gasteiger partial charge is 0.257 e. The summed E-state index contributed by atoms with van der Waals surface area (Å²) < 4.78 is 13.0. The third-order valence-corrected chi connectivity index (χ3v) is 4.39. The van der Waals surface area contributed by atoms with Gasteiger partial charge in [-0.25, -0.2) is 9.37 Å². The largest absolute Gasteiger partial charge is 0.326 e. The van der Waals surface area contributed by atoms with Crippen molar-refractivity contribution in [1.82, 2.24) is 9.97 Å². The molecule has 1 aliphatic rings. The van der Waals surface area contributed by atoms with Gasteiger partial charge in [0.25, 0.3) is 5.56 Å². The van der Waals surface area contributed by atoms with Crippen LogP contribution in [0.15, 0.2) is 34.2 Å². The van der Waals surface area contributed by atoms with Gasteiger partial charge in [0.15, 0.2) is 5.16 Å². The minimum Gasteiger partial charge on any atom is -0.326 e. The van der Waals surface area contributed by atoms with Crippen LogP contribution in [-0.4, -0.2) is 27.5 Å². The van der Waals surface area contributed by atoms with Gasteiger partial charge in [-0.1, -0.05) is 18.7 Å². The summed E-state index contributed by atoms with van der Waals surface area (Å²) in [6.07, 6.45) is -0.162. The van der Waals surface area contributed by atoms with E-state index in [-0.39, 0.29) is 17.8 Å². The number of carbonyl (C=O) groups is 2. The molecule has 130 valence electrons. The van der Waals surface area contributed by atoms with Crippen molar-refractivity contribution in [3.63, 3.8) is 0 Å². The van der Waals surface area contributed by atoms with Gasteiger partial charge in [-0.15, -0.1) is 0 Å². The standard InChI is InChI=1S/C16H15FN4O3S/c1-2-25-16-20-13-12(15(24)21-16)10(7-11(22)19-13)14(23)18-9-5-3-8(17)4-6-9/h3-6,10H,2,7H2,1H3,(H,18,23)(H2,19,20,21,22,24)/t10-/m0/s1. The molecule has 0 bridgehead atoms. The highest BCUT2D eigenvalue weighted by Gasteiger charge is 2.34. The molecule has 3 N–H and O–H groups in total. The lowest BCUT2D eigenvalue weighted by molar-refractivity contribution is -0.123. The minimum atomic E-state index is -0.967. The molecule has 2 heterocycles. The molecule has 25 heavy (non-hydrogen) atoms. The molecule has 2 aromatic rings. The first-order valence-corrected chi connectivity index (χ1v) is 8.59. The number of thioether (sulfide) groups is 1. The van der Waals surface area contributed by atoms with Crippen molar-refractivity contribution in [3.8, 4) is 0 Å². The lowest BCUT2D eigenvalue weighted by Crippen LogP contribution is -2.36. The molecule has 0 saturated heterocycles. The number of rotatable bonds is 4. The molecular weight excluding hydrogens is 347 g/mol. The van der Waals surface area contributed by atoms with Crippen LogP contribution in [-0.2, 0) is 9.59 Å². The second-order valence-corrected chi connectivity index (χ2v) is 6.62. The molecule has 0 unspecified atom stereocenters. The Hall–Kier alpha value is -2.68. The van der Waals surface area contributed by atoms with Gasteiger partial charge < -0.3 is 15.6 Å². The molecule has 9 heteroatoms. The quantitative estimate of drug-likeness (QED) is 0.571. The highest BCUT2D eigenvalue weighted by Crippen LogP contribution is 2.30. The number of aromatic nitrogens is 2. The number of carbonyl (C=O) groups excluding carboxylic acids is 2. The van der Waals surface area contributed by atoms with Gasteiger partial charge in [0.1, 0.15) is 11.6 Å². The van der Waals surface area contributed by atoms with E-state index in [0.717, 1.165) is 0 Å². The van der Waals surface area contributed by atoms with Gasteiger partial charge in [-0.05, 0) is 30.0 Å². The fourth-order valence-corrected chi connectivity index (χ4v) is 3.14. The molecular formula is C16H15FN4O3S. The first kappa shape index (κ1) is 17.2. The topological polar surface area (TPSA) is 104 Å². The molecule has 1 aliphatic heterocycles. The van der Waals surface area contributed by atoms with Crippen LogP contribution in [0.3, 0.4) is 0 Å². The Kier molecular flexibility index (Phi) is 4.84. The predicted octanol–water partition coefficient (Wildman–Crippen LogP) is 2.09. The number of H-pyrrole nitrogens is 1. The average molecular weight is 362 g/mol. The summed E-state index contributed by atoms with van der Waals surface area (Å²) in [6, 6.07) is 5.22. The van der Waals surface area contributed by atoms with Gasteiger partial charge in [0, 0.05) is 12.1 Å². The molecule has 2 amide bonds. The molecule has 1 atom stereocenters. The predicted molar refractivity (Wildman–Crippen MR) is 92.3 cm³/mol. The number of amides is 2. The summed E-state index contributed by atoms with van der Waals surface area (Å²) in [5.74, 6) is -1.50. The van der Waals surface area contributed by atoms with E-state index in [2.05, 4.69) is 20.6 Å². The number of nitrogens with one attached hydrogen (secondary N) is 3. The number of halogens is 1. The monoisotopic (exact) mass is 362 g/mol. The zero-order valence-electron chi connectivity index (χ0n) is 13.3. The van der Waals surface area contributed by atoms with Crippen molar-refractivity contribution in [1.29, 1.82) is 0 Å². The summed E-state index contributed by atoms with van der Waals surface area (Å²) in [7, 11) is 0. The highest BCUT2D eigenvalue weighted by atomic mass is 32.2. The molecule has 0 saturated carbocycles. The van der Waals surface area contributed by atoms with E-state index < -0.39 is 29.1 Å². The summed E-state index contributed by atoms with van der Waals surface area (Å²) >= 11 is 1.32. The number of aromatic amines is 1. The van der Waals surface area contributed by atoms with Crippen molar-refractivity contribution < 1.29 is 14.0 Å². The Labute approximate surface area is 146 Å². The van der Waals surface area contributed by atoms with Crippen LogP contribution in [0.2, 0.25) is 0 Å². The Morgan fingerprint density at radius 3 is 2.76 bits per heavy atom. The molecule has 1 aromatic carbocycles. The van der Waals surface area contributed by atoms with E-state index in [4.69, 9.17) is 0 Å². The van der Waals surface area contributed by atoms with Crippen molar-refractivity contribution in [2.75, 3.05) is 16.4 Å². The maximum Gasteiger partial charge on any atom is 0.257 e. The van der Waals surface area contributed by atoms with Gasteiger partial charge in [-0.2, -0.15) is 0 Å². The number of anilines is 2. The third-order valence-electron chi connectivity index (χ3n) is 3.64. The Bertz CT molecular complexity index is 882. The van der Waals surface area contributed by atoms with Crippen molar-refractivity contribution in [2.24, 2.45) is 0 Å². The van der Waals surface area contributed by atoms with E-state index in [9.17, 15) is 18.8 Å². The number of benzene rings is 1.